The zero-order chi connectivity index (χ0) is 29.7. The molecule has 2 atom stereocenters. The van der Waals surface area contributed by atoms with Crippen molar-refractivity contribution in [3.05, 3.63) is 71.8 Å². The van der Waals surface area contributed by atoms with E-state index in [2.05, 4.69) is 16.1 Å². The molecule has 0 aliphatic carbocycles. The average Bonchev–Trinajstić information content (AvgIpc) is 2.90. The third kappa shape index (κ3) is 11.3. The lowest BCUT2D eigenvalue weighted by Crippen LogP contribution is -2.59. The van der Waals surface area contributed by atoms with Crippen LogP contribution in [0.5, 0.6) is 0 Å². The SMILES string of the molecule is CC(=O)C(=O)N(CC(C)C)NC(=O)[C@H](Cc1ccccc1)NC(=O)[C@H](CC(C)C)NC(=O)OCc1ccccc1. The molecule has 0 heterocycles. The van der Waals surface area contributed by atoms with Gasteiger partial charge in [-0.15, -0.1) is 0 Å². The first kappa shape index (κ1) is 32.0. The van der Waals surface area contributed by atoms with Crippen LogP contribution in [-0.4, -0.2) is 53.2 Å². The second-order valence-electron chi connectivity index (χ2n) is 10.5. The van der Waals surface area contributed by atoms with Gasteiger partial charge in [0.1, 0.15) is 18.7 Å². The molecule has 10 heteroatoms. The first-order valence-electron chi connectivity index (χ1n) is 13.4. The number of ether oxygens (including phenoxy) is 1. The molecule has 0 fully saturated rings. The molecular weight excluding hydrogens is 512 g/mol. The highest BCUT2D eigenvalue weighted by molar-refractivity contribution is 6.35. The molecule has 216 valence electrons. The number of rotatable bonds is 13. The summed E-state index contributed by atoms with van der Waals surface area (Å²) in [4.78, 5) is 63.5. The van der Waals surface area contributed by atoms with Crippen LogP contribution < -0.4 is 16.1 Å². The summed E-state index contributed by atoms with van der Waals surface area (Å²) in [5.74, 6) is -2.81. The van der Waals surface area contributed by atoms with Gasteiger partial charge in [0.15, 0.2) is 0 Å². The highest BCUT2D eigenvalue weighted by Crippen LogP contribution is 2.10. The van der Waals surface area contributed by atoms with Crippen molar-refractivity contribution in [2.24, 2.45) is 11.8 Å². The Morgan fingerprint density at radius 3 is 1.85 bits per heavy atom. The first-order chi connectivity index (χ1) is 19.0. The minimum atomic E-state index is -1.10. The van der Waals surface area contributed by atoms with Crippen LogP contribution in [0.4, 0.5) is 4.79 Å². The molecule has 2 rings (SSSR count). The lowest BCUT2D eigenvalue weighted by atomic mass is 10.0. The molecule has 3 N–H and O–H groups in total. The van der Waals surface area contributed by atoms with E-state index < -0.39 is 41.7 Å². The van der Waals surface area contributed by atoms with E-state index in [1.807, 2.05) is 88.4 Å². The zero-order valence-electron chi connectivity index (χ0n) is 23.8. The van der Waals surface area contributed by atoms with Crippen molar-refractivity contribution in [2.45, 2.75) is 66.2 Å². The standard InChI is InChI=1S/C30H40N4O6/c1-20(2)16-25(32-30(39)40-19-24-14-10-7-11-15-24)27(36)31-26(17-23-12-8-6-9-13-23)28(37)33-34(18-21(3)4)29(38)22(5)35/h6-15,20-21,25-26H,16-19H2,1-5H3,(H,31,36)(H,32,39)(H,33,37)/t25-,26-/m0/s1. The van der Waals surface area contributed by atoms with Crippen molar-refractivity contribution >= 4 is 29.6 Å². The number of nitrogens with zero attached hydrogens (tertiary/aromatic N) is 1. The molecule has 0 saturated carbocycles. The molecule has 0 aliphatic rings. The molecule has 0 bridgehead atoms. The molecule has 10 nitrogen and oxygen atoms in total. The highest BCUT2D eigenvalue weighted by atomic mass is 16.5. The van der Waals surface area contributed by atoms with Crippen LogP contribution >= 0.6 is 0 Å². The summed E-state index contributed by atoms with van der Waals surface area (Å²) in [6.07, 6.45) is -0.340. The van der Waals surface area contributed by atoms with Crippen LogP contribution in [0.1, 0.15) is 52.2 Å². The second kappa shape index (κ2) is 16.0. The molecular formula is C30H40N4O6. The average molecular weight is 553 g/mol. The summed E-state index contributed by atoms with van der Waals surface area (Å²) in [5.41, 5.74) is 4.08. The van der Waals surface area contributed by atoms with Gasteiger partial charge in [-0.3, -0.25) is 24.6 Å². The van der Waals surface area contributed by atoms with Crippen LogP contribution in [-0.2, 0) is 36.9 Å². The summed E-state index contributed by atoms with van der Waals surface area (Å²) in [6, 6.07) is 16.1. The highest BCUT2D eigenvalue weighted by Gasteiger charge is 2.30. The summed E-state index contributed by atoms with van der Waals surface area (Å²) >= 11 is 0. The van der Waals surface area contributed by atoms with Gasteiger partial charge < -0.3 is 15.4 Å². The maximum Gasteiger partial charge on any atom is 0.408 e. The number of hydrogen-bond acceptors (Lipinski definition) is 6. The summed E-state index contributed by atoms with van der Waals surface area (Å²) in [6.45, 7) is 8.78. The van der Waals surface area contributed by atoms with E-state index in [9.17, 15) is 24.0 Å². The molecule has 0 aromatic heterocycles. The van der Waals surface area contributed by atoms with Crippen LogP contribution in [0.2, 0.25) is 0 Å². The lowest BCUT2D eigenvalue weighted by Gasteiger charge is -2.28. The van der Waals surface area contributed by atoms with E-state index in [4.69, 9.17) is 4.74 Å². The smallest absolute Gasteiger partial charge is 0.408 e. The number of carbonyl (C=O) groups is 5. The predicted octanol–water partition coefficient (Wildman–Crippen LogP) is 3.16. The fraction of sp³-hybridized carbons (Fsp3) is 0.433. The Labute approximate surface area is 235 Å². The van der Waals surface area contributed by atoms with Gasteiger partial charge in [-0.1, -0.05) is 88.4 Å². The third-order valence-electron chi connectivity index (χ3n) is 5.78. The van der Waals surface area contributed by atoms with Gasteiger partial charge in [0, 0.05) is 19.9 Å². The lowest BCUT2D eigenvalue weighted by molar-refractivity contribution is -0.150. The van der Waals surface area contributed by atoms with Gasteiger partial charge >= 0.3 is 12.0 Å². The Morgan fingerprint density at radius 2 is 1.32 bits per heavy atom. The molecule has 0 unspecified atom stereocenters. The maximum atomic E-state index is 13.4. The van der Waals surface area contributed by atoms with Gasteiger partial charge in [0.2, 0.25) is 11.7 Å². The number of amides is 4. The number of nitrogens with one attached hydrogen (secondary N) is 3. The third-order valence-corrected chi connectivity index (χ3v) is 5.78. The number of Topliss-reactive ketones (excluding diaryl/α,β-unsaturated/α-hetero) is 1. The number of alkyl carbamates (subject to hydrolysis) is 1. The van der Waals surface area contributed by atoms with Gasteiger partial charge in [-0.25, -0.2) is 9.80 Å². The van der Waals surface area contributed by atoms with E-state index in [0.717, 1.165) is 23.1 Å². The second-order valence-corrected chi connectivity index (χ2v) is 10.5. The van der Waals surface area contributed by atoms with Crippen molar-refractivity contribution in [2.75, 3.05) is 6.54 Å². The molecule has 0 radical (unpaired) electrons. The van der Waals surface area contributed by atoms with Crippen LogP contribution in [0.25, 0.3) is 0 Å². The molecule has 2 aromatic carbocycles. The van der Waals surface area contributed by atoms with E-state index in [1.54, 1.807) is 0 Å². The Kier molecular flexibility index (Phi) is 12.8. The van der Waals surface area contributed by atoms with E-state index in [0.29, 0.717) is 6.42 Å². The van der Waals surface area contributed by atoms with Crippen molar-refractivity contribution in [3.8, 4) is 0 Å². The molecule has 0 saturated heterocycles. The number of hydrazine groups is 1. The Bertz CT molecular complexity index is 1140. The predicted molar refractivity (Wildman–Crippen MR) is 150 cm³/mol. The Balaban J connectivity index is 2.20. The number of benzene rings is 2. The molecule has 0 aliphatic heterocycles. The summed E-state index contributed by atoms with van der Waals surface area (Å²) in [7, 11) is 0. The minimum absolute atomic E-state index is 0.0349. The quantitative estimate of drug-likeness (QED) is 0.258. The van der Waals surface area contributed by atoms with Crippen molar-refractivity contribution in [1.29, 1.82) is 0 Å². The van der Waals surface area contributed by atoms with Crippen LogP contribution in [0, 0.1) is 11.8 Å². The number of ketones is 1. The Morgan fingerprint density at radius 1 is 0.750 bits per heavy atom. The van der Waals surface area contributed by atoms with Crippen molar-refractivity contribution < 1.29 is 28.7 Å². The topological polar surface area (TPSA) is 134 Å². The Hall–Kier alpha value is -4.21. The maximum absolute atomic E-state index is 13.4. The van der Waals surface area contributed by atoms with Gasteiger partial charge in [0.25, 0.3) is 5.91 Å². The molecule has 4 amide bonds. The van der Waals surface area contributed by atoms with Crippen molar-refractivity contribution in [1.82, 2.24) is 21.1 Å². The van der Waals surface area contributed by atoms with Crippen molar-refractivity contribution in [3.63, 3.8) is 0 Å². The zero-order valence-corrected chi connectivity index (χ0v) is 23.8. The van der Waals surface area contributed by atoms with Gasteiger partial charge in [-0.2, -0.15) is 0 Å². The number of hydrogen-bond donors (Lipinski definition) is 3. The largest absolute Gasteiger partial charge is 0.445 e. The first-order valence-corrected chi connectivity index (χ1v) is 13.4. The minimum Gasteiger partial charge on any atom is -0.445 e. The fourth-order valence-corrected chi connectivity index (χ4v) is 3.89. The molecule has 2 aromatic rings. The molecule has 40 heavy (non-hydrogen) atoms. The van der Waals surface area contributed by atoms with Gasteiger partial charge in [-0.05, 0) is 29.4 Å². The monoisotopic (exact) mass is 552 g/mol. The number of carbonyl (C=O) groups excluding carboxylic acids is 5. The summed E-state index contributed by atoms with van der Waals surface area (Å²) < 4.78 is 5.29. The normalized spacial score (nSPS) is 12.3. The van der Waals surface area contributed by atoms with E-state index in [1.165, 1.54) is 0 Å². The fourth-order valence-electron chi connectivity index (χ4n) is 3.89. The van der Waals surface area contributed by atoms with E-state index >= 15 is 0 Å². The van der Waals surface area contributed by atoms with Crippen LogP contribution in [0.15, 0.2) is 60.7 Å². The van der Waals surface area contributed by atoms with Crippen LogP contribution in [0.3, 0.4) is 0 Å². The molecule has 0 spiro atoms. The summed E-state index contributed by atoms with van der Waals surface area (Å²) in [5, 5.41) is 6.32. The van der Waals surface area contributed by atoms with Gasteiger partial charge in [0.05, 0.1) is 0 Å². The van der Waals surface area contributed by atoms with E-state index in [-0.39, 0.29) is 31.4 Å².